The summed E-state index contributed by atoms with van der Waals surface area (Å²) in [5.41, 5.74) is 3.92. The third-order valence-corrected chi connectivity index (χ3v) is 5.59. The molecule has 0 aromatic heterocycles. The highest BCUT2D eigenvalue weighted by atomic mass is 32.2. The van der Waals surface area contributed by atoms with Crippen molar-refractivity contribution in [2.75, 3.05) is 5.32 Å². The lowest BCUT2D eigenvalue weighted by Crippen LogP contribution is -2.17. The third-order valence-electron chi connectivity index (χ3n) is 4.43. The van der Waals surface area contributed by atoms with Crippen LogP contribution in [0.4, 0.5) is 5.69 Å². The van der Waals surface area contributed by atoms with Crippen molar-refractivity contribution in [3.05, 3.63) is 59.2 Å². The Morgan fingerprint density at radius 3 is 2.64 bits per heavy atom. The highest BCUT2D eigenvalue weighted by molar-refractivity contribution is 8.00. The Morgan fingerprint density at radius 2 is 1.84 bits per heavy atom. The molecule has 1 unspecified atom stereocenters. The predicted octanol–water partition coefficient (Wildman–Crippen LogP) is 4.38. The molecule has 1 aliphatic carbocycles. The Morgan fingerprint density at radius 1 is 1.08 bits per heavy atom. The van der Waals surface area contributed by atoms with Gasteiger partial charge in [-0.05, 0) is 61.9 Å². The number of fused-ring (bicyclic) bond motifs is 1. The number of hydrogen-bond donors (Lipinski definition) is 2. The van der Waals surface area contributed by atoms with E-state index in [1.54, 1.807) is 25.1 Å². The quantitative estimate of drug-likeness (QED) is 0.781. The van der Waals surface area contributed by atoms with E-state index in [-0.39, 0.29) is 5.91 Å². The van der Waals surface area contributed by atoms with Crippen LogP contribution in [0.25, 0.3) is 0 Å². The summed E-state index contributed by atoms with van der Waals surface area (Å²) < 4.78 is 0. The summed E-state index contributed by atoms with van der Waals surface area (Å²) in [6, 6.07) is 13.2. The summed E-state index contributed by atoms with van der Waals surface area (Å²) in [5, 5.41) is 11.5. The van der Waals surface area contributed by atoms with Gasteiger partial charge < -0.3 is 10.4 Å². The van der Waals surface area contributed by atoms with Crippen molar-refractivity contribution >= 4 is 29.3 Å². The maximum Gasteiger partial charge on any atom is 0.316 e. The van der Waals surface area contributed by atoms with Crippen LogP contribution < -0.4 is 5.32 Å². The summed E-state index contributed by atoms with van der Waals surface area (Å²) in [6.07, 6.45) is 4.37. The first-order chi connectivity index (χ1) is 12.1. The molecule has 0 saturated heterocycles. The lowest BCUT2D eigenvalue weighted by atomic mass is 9.90. The maximum atomic E-state index is 12.8. The van der Waals surface area contributed by atoms with Crippen molar-refractivity contribution in [1.82, 2.24) is 0 Å². The number of amides is 1. The number of carboxylic acids is 1. The molecule has 1 atom stereocenters. The molecule has 2 N–H and O–H groups in total. The first kappa shape index (κ1) is 17.5. The normalized spacial score (nSPS) is 14.4. The average molecular weight is 355 g/mol. The zero-order chi connectivity index (χ0) is 17.8. The van der Waals surface area contributed by atoms with Crippen molar-refractivity contribution in [2.45, 2.75) is 42.8 Å². The van der Waals surface area contributed by atoms with Crippen molar-refractivity contribution in [2.24, 2.45) is 0 Å². The van der Waals surface area contributed by atoms with Gasteiger partial charge in [0.15, 0.2) is 0 Å². The van der Waals surface area contributed by atoms with Gasteiger partial charge in [-0.2, -0.15) is 0 Å². The van der Waals surface area contributed by atoms with E-state index in [4.69, 9.17) is 5.11 Å². The summed E-state index contributed by atoms with van der Waals surface area (Å²) in [6.45, 7) is 1.62. The molecular formula is C20H21NO3S. The van der Waals surface area contributed by atoms with Crippen LogP contribution in [-0.4, -0.2) is 22.2 Å². The van der Waals surface area contributed by atoms with Crippen LogP contribution in [0.1, 0.15) is 41.3 Å². The highest BCUT2D eigenvalue weighted by Crippen LogP contribution is 2.30. The van der Waals surface area contributed by atoms with Crippen molar-refractivity contribution in [3.63, 3.8) is 0 Å². The number of anilines is 1. The molecule has 1 amide bonds. The van der Waals surface area contributed by atoms with Crippen molar-refractivity contribution in [1.29, 1.82) is 0 Å². The first-order valence-electron chi connectivity index (χ1n) is 8.47. The largest absolute Gasteiger partial charge is 0.480 e. The lowest BCUT2D eigenvalue weighted by molar-refractivity contribution is -0.136. The monoisotopic (exact) mass is 355 g/mol. The number of thioether (sulfide) groups is 1. The SMILES string of the molecule is CC(Sc1ccccc1C(=O)Nc1cccc2c1CCCC2)C(=O)O. The second-order valence-electron chi connectivity index (χ2n) is 6.20. The maximum absolute atomic E-state index is 12.8. The van der Waals surface area contributed by atoms with Crippen molar-refractivity contribution in [3.8, 4) is 0 Å². The van der Waals surface area contributed by atoms with E-state index in [0.29, 0.717) is 10.5 Å². The molecule has 1 aliphatic rings. The molecule has 4 nitrogen and oxygen atoms in total. The third kappa shape index (κ3) is 4.04. The second kappa shape index (κ2) is 7.74. The fourth-order valence-electron chi connectivity index (χ4n) is 3.09. The van der Waals surface area contributed by atoms with E-state index in [1.165, 1.54) is 29.3 Å². The molecule has 5 heteroatoms. The minimum atomic E-state index is -0.891. The molecule has 130 valence electrons. The molecule has 0 bridgehead atoms. The molecule has 0 saturated carbocycles. The molecule has 0 spiro atoms. The topological polar surface area (TPSA) is 66.4 Å². The minimum absolute atomic E-state index is 0.195. The number of nitrogens with one attached hydrogen (secondary N) is 1. The number of hydrogen-bond acceptors (Lipinski definition) is 3. The van der Waals surface area contributed by atoms with Gasteiger partial charge >= 0.3 is 5.97 Å². The summed E-state index contributed by atoms with van der Waals surface area (Å²) >= 11 is 1.19. The van der Waals surface area contributed by atoms with E-state index in [2.05, 4.69) is 11.4 Å². The Hall–Kier alpha value is -2.27. The smallest absolute Gasteiger partial charge is 0.316 e. The van der Waals surface area contributed by atoms with Gasteiger partial charge in [0.25, 0.3) is 5.91 Å². The first-order valence-corrected chi connectivity index (χ1v) is 9.35. The highest BCUT2D eigenvalue weighted by Gasteiger charge is 2.19. The second-order valence-corrected chi connectivity index (χ2v) is 7.58. The van der Waals surface area contributed by atoms with Crippen molar-refractivity contribution < 1.29 is 14.7 Å². The summed E-state index contributed by atoms with van der Waals surface area (Å²) in [5.74, 6) is -1.09. The number of carbonyl (C=O) groups is 2. The van der Waals surface area contributed by atoms with Gasteiger partial charge in [-0.25, -0.2) is 0 Å². The van der Waals surface area contributed by atoms with Gasteiger partial charge in [0.2, 0.25) is 0 Å². The fourth-order valence-corrected chi connectivity index (χ4v) is 4.01. The van der Waals surface area contributed by atoms with Gasteiger partial charge in [-0.15, -0.1) is 11.8 Å². The molecule has 0 fully saturated rings. The van der Waals surface area contributed by atoms with Crippen LogP contribution in [0.3, 0.4) is 0 Å². The predicted molar refractivity (Wildman–Crippen MR) is 100 cm³/mol. The number of aliphatic carboxylic acids is 1. The number of carbonyl (C=O) groups excluding carboxylic acids is 1. The van der Waals surface area contributed by atoms with Crippen LogP contribution in [-0.2, 0) is 17.6 Å². The van der Waals surface area contributed by atoms with Crippen LogP contribution in [0.2, 0.25) is 0 Å². The van der Waals surface area contributed by atoms with Crippen LogP contribution >= 0.6 is 11.8 Å². The molecule has 0 heterocycles. The molecule has 0 aliphatic heterocycles. The zero-order valence-electron chi connectivity index (χ0n) is 14.1. The molecule has 2 aromatic carbocycles. The van der Waals surface area contributed by atoms with Gasteiger partial charge in [0.05, 0.1) is 5.56 Å². The van der Waals surface area contributed by atoms with E-state index < -0.39 is 11.2 Å². The standard InChI is InChI=1S/C20H21NO3S/c1-13(20(23)24)25-18-12-5-4-10-16(18)19(22)21-17-11-6-8-14-7-2-3-9-15(14)17/h4-6,8,10-13H,2-3,7,9H2,1H3,(H,21,22)(H,23,24). The summed E-state index contributed by atoms with van der Waals surface area (Å²) in [4.78, 5) is 24.6. The van der Waals surface area contributed by atoms with Crippen LogP contribution in [0.5, 0.6) is 0 Å². The number of carboxylic acid groups (broad SMARTS) is 1. The Kier molecular flexibility index (Phi) is 5.43. The van der Waals surface area contributed by atoms with E-state index in [1.807, 2.05) is 18.2 Å². The summed E-state index contributed by atoms with van der Waals surface area (Å²) in [7, 11) is 0. The molecular weight excluding hydrogens is 334 g/mol. The van der Waals surface area contributed by atoms with Gasteiger partial charge in [-0.1, -0.05) is 24.3 Å². The zero-order valence-corrected chi connectivity index (χ0v) is 14.9. The molecule has 3 rings (SSSR count). The Labute approximate surface area is 151 Å². The Balaban J connectivity index is 1.84. The average Bonchev–Trinajstić information content (AvgIpc) is 2.62. The minimum Gasteiger partial charge on any atom is -0.480 e. The number of benzene rings is 2. The molecule has 0 radical (unpaired) electrons. The van der Waals surface area contributed by atoms with Gasteiger partial charge in [0.1, 0.15) is 5.25 Å². The fraction of sp³-hybridized carbons (Fsp3) is 0.300. The van der Waals surface area contributed by atoms with Crippen LogP contribution in [0, 0.1) is 0 Å². The van der Waals surface area contributed by atoms with Gasteiger partial charge in [-0.3, -0.25) is 9.59 Å². The van der Waals surface area contributed by atoms with Gasteiger partial charge in [0, 0.05) is 10.6 Å². The number of aryl methyl sites for hydroxylation is 1. The van der Waals surface area contributed by atoms with E-state index in [0.717, 1.165) is 24.9 Å². The van der Waals surface area contributed by atoms with E-state index in [9.17, 15) is 9.59 Å². The molecule has 2 aromatic rings. The van der Waals surface area contributed by atoms with Crippen LogP contribution in [0.15, 0.2) is 47.4 Å². The Bertz CT molecular complexity index is 803. The number of rotatable bonds is 5. The lowest BCUT2D eigenvalue weighted by Gasteiger charge is -2.20. The molecule has 25 heavy (non-hydrogen) atoms. The van der Waals surface area contributed by atoms with E-state index >= 15 is 0 Å².